The van der Waals surface area contributed by atoms with Crippen molar-refractivity contribution in [3.63, 3.8) is 0 Å². The van der Waals surface area contributed by atoms with E-state index in [1.54, 1.807) is 6.20 Å². The Bertz CT molecular complexity index is 410. The fourth-order valence-corrected chi connectivity index (χ4v) is 1.34. The van der Waals surface area contributed by atoms with E-state index in [2.05, 4.69) is 20.2 Å². The standard InChI is InChI=1S/C7H8N4S.C2H6/c1-4-5-3-8-7(12-2)9-6(5)11-10-4;1-2/h3H,1-2H3,(H,8,9,10,11);1-2H3. The van der Waals surface area contributed by atoms with Gasteiger partial charge in [-0.25, -0.2) is 9.97 Å². The van der Waals surface area contributed by atoms with Crippen LogP contribution < -0.4 is 0 Å². The molecule has 0 radical (unpaired) electrons. The third-order valence-corrected chi connectivity index (χ3v) is 2.22. The van der Waals surface area contributed by atoms with Crippen LogP contribution in [0.3, 0.4) is 0 Å². The van der Waals surface area contributed by atoms with Crippen LogP contribution in [-0.2, 0) is 0 Å². The second-order valence-corrected chi connectivity index (χ2v) is 3.22. The van der Waals surface area contributed by atoms with Gasteiger partial charge in [-0.2, -0.15) is 5.10 Å². The smallest absolute Gasteiger partial charge is 0.189 e. The van der Waals surface area contributed by atoms with Gasteiger partial charge in [-0.05, 0) is 13.2 Å². The number of aryl methyl sites for hydroxylation is 1. The van der Waals surface area contributed by atoms with Crippen LogP contribution in [0.25, 0.3) is 11.0 Å². The van der Waals surface area contributed by atoms with E-state index in [4.69, 9.17) is 0 Å². The molecule has 0 unspecified atom stereocenters. The van der Waals surface area contributed by atoms with Crippen molar-refractivity contribution in [2.75, 3.05) is 6.26 Å². The van der Waals surface area contributed by atoms with Crippen LogP contribution in [0, 0.1) is 6.92 Å². The van der Waals surface area contributed by atoms with Gasteiger partial charge in [-0.1, -0.05) is 25.6 Å². The van der Waals surface area contributed by atoms with E-state index >= 15 is 0 Å². The molecule has 0 bridgehead atoms. The summed E-state index contributed by atoms with van der Waals surface area (Å²) in [6.07, 6.45) is 3.74. The number of fused-ring (bicyclic) bond motifs is 1. The highest BCUT2D eigenvalue weighted by Crippen LogP contribution is 2.15. The van der Waals surface area contributed by atoms with Crippen molar-refractivity contribution in [1.29, 1.82) is 0 Å². The van der Waals surface area contributed by atoms with Gasteiger partial charge in [-0.3, -0.25) is 5.10 Å². The average Bonchev–Trinajstić information content (AvgIpc) is 2.63. The number of H-pyrrole nitrogens is 1. The van der Waals surface area contributed by atoms with Crippen LogP contribution in [0.2, 0.25) is 0 Å². The highest BCUT2D eigenvalue weighted by molar-refractivity contribution is 7.98. The van der Waals surface area contributed by atoms with Crippen molar-refractivity contribution >= 4 is 22.8 Å². The first kappa shape index (κ1) is 11.0. The molecule has 1 N–H and O–H groups in total. The van der Waals surface area contributed by atoms with Crippen molar-refractivity contribution in [1.82, 2.24) is 20.2 Å². The molecule has 0 spiro atoms. The zero-order valence-corrected chi connectivity index (χ0v) is 9.64. The van der Waals surface area contributed by atoms with Gasteiger partial charge >= 0.3 is 0 Å². The van der Waals surface area contributed by atoms with E-state index in [-0.39, 0.29) is 0 Å². The van der Waals surface area contributed by atoms with Gasteiger partial charge in [0.25, 0.3) is 0 Å². The Hall–Kier alpha value is -1.10. The molecule has 0 aromatic carbocycles. The van der Waals surface area contributed by atoms with Crippen LogP contribution in [-0.4, -0.2) is 26.4 Å². The largest absolute Gasteiger partial charge is 0.280 e. The van der Waals surface area contributed by atoms with Gasteiger partial charge in [0.15, 0.2) is 10.8 Å². The summed E-state index contributed by atoms with van der Waals surface area (Å²) >= 11 is 1.52. The van der Waals surface area contributed by atoms with Crippen LogP contribution in [0.4, 0.5) is 0 Å². The lowest BCUT2D eigenvalue weighted by Gasteiger charge is -1.92. The van der Waals surface area contributed by atoms with E-state index in [0.717, 1.165) is 21.9 Å². The molecular formula is C9H14N4S. The molecular weight excluding hydrogens is 196 g/mol. The molecule has 2 aromatic heterocycles. The molecule has 2 rings (SSSR count). The van der Waals surface area contributed by atoms with E-state index in [9.17, 15) is 0 Å². The number of rotatable bonds is 1. The molecule has 0 aliphatic rings. The minimum atomic E-state index is 0.742. The lowest BCUT2D eigenvalue weighted by Crippen LogP contribution is -1.85. The number of hydrogen-bond donors (Lipinski definition) is 1. The SMILES string of the molecule is CC.CSc1ncc2c(C)[nH]nc2n1. The molecule has 0 amide bonds. The Morgan fingerprint density at radius 3 is 2.71 bits per heavy atom. The normalized spacial score (nSPS) is 9.71. The Kier molecular flexibility index (Phi) is 3.88. The molecule has 4 nitrogen and oxygen atoms in total. The summed E-state index contributed by atoms with van der Waals surface area (Å²) < 4.78 is 0. The van der Waals surface area contributed by atoms with Crippen molar-refractivity contribution in [3.8, 4) is 0 Å². The third-order valence-electron chi connectivity index (χ3n) is 1.66. The molecule has 0 aliphatic carbocycles. The summed E-state index contributed by atoms with van der Waals surface area (Å²) in [6.45, 7) is 5.96. The predicted molar refractivity (Wildman–Crippen MR) is 59.5 cm³/mol. The van der Waals surface area contributed by atoms with E-state index < -0.39 is 0 Å². The molecule has 76 valence electrons. The predicted octanol–water partition coefficient (Wildman–Crippen LogP) is 2.41. The Morgan fingerprint density at radius 2 is 2.07 bits per heavy atom. The number of thioether (sulfide) groups is 1. The maximum absolute atomic E-state index is 4.22. The molecule has 14 heavy (non-hydrogen) atoms. The molecule has 0 saturated carbocycles. The Labute approximate surface area is 87.5 Å². The third kappa shape index (κ3) is 2.04. The van der Waals surface area contributed by atoms with Gasteiger partial charge < -0.3 is 0 Å². The summed E-state index contributed by atoms with van der Waals surface area (Å²) in [5.41, 5.74) is 1.75. The fraction of sp³-hybridized carbons (Fsp3) is 0.444. The molecule has 0 atom stereocenters. The highest BCUT2D eigenvalue weighted by Gasteiger charge is 2.03. The van der Waals surface area contributed by atoms with Crippen molar-refractivity contribution < 1.29 is 0 Å². The van der Waals surface area contributed by atoms with Crippen molar-refractivity contribution in [2.24, 2.45) is 0 Å². The van der Waals surface area contributed by atoms with Gasteiger partial charge in [0.1, 0.15) is 0 Å². The minimum Gasteiger partial charge on any atom is -0.280 e. The molecule has 2 heterocycles. The Morgan fingerprint density at radius 1 is 1.36 bits per heavy atom. The van der Waals surface area contributed by atoms with Gasteiger partial charge in [0.2, 0.25) is 0 Å². The second kappa shape index (κ2) is 4.95. The second-order valence-electron chi connectivity index (χ2n) is 2.44. The first-order chi connectivity index (χ1) is 6.81. The van der Waals surface area contributed by atoms with Crippen molar-refractivity contribution in [2.45, 2.75) is 25.9 Å². The molecule has 5 heteroatoms. The quantitative estimate of drug-likeness (QED) is 0.580. The molecule has 0 fully saturated rings. The maximum Gasteiger partial charge on any atom is 0.189 e. The molecule has 0 saturated heterocycles. The minimum absolute atomic E-state index is 0.742. The van der Waals surface area contributed by atoms with Crippen molar-refractivity contribution in [3.05, 3.63) is 11.9 Å². The lowest BCUT2D eigenvalue weighted by molar-refractivity contribution is 0.982. The first-order valence-electron chi connectivity index (χ1n) is 4.53. The zero-order valence-electron chi connectivity index (χ0n) is 8.83. The number of aromatic nitrogens is 4. The number of nitrogens with zero attached hydrogens (tertiary/aromatic N) is 3. The highest BCUT2D eigenvalue weighted by atomic mass is 32.2. The van der Waals surface area contributed by atoms with Crippen LogP contribution >= 0.6 is 11.8 Å². The average molecular weight is 210 g/mol. The Balaban J connectivity index is 0.000000461. The summed E-state index contributed by atoms with van der Waals surface area (Å²) in [5.74, 6) is 0. The number of hydrogen-bond acceptors (Lipinski definition) is 4. The van der Waals surface area contributed by atoms with Crippen LogP contribution in [0.5, 0.6) is 0 Å². The summed E-state index contributed by atoms with van der Waals surface area (Å²) in [6, 6.07) is 0. The van der Waals surface area contributed by atoms with Gasteiger partial charge in [0, 0.05) is 11.9 Å². The summed E-state index contributed by atoms with van der Waals surface area (Å²) in [7, 11) is 0. The van der Waals surface area contributed by atoms with Crippen LogP contribution in [0.15, 0.2) is 11.4 Å². The topological polar surface area (TPSA) is 54.5 Å². The lowest BCUT2D eigenvalue weighted by atomic mass is 10.3. The molecule has 0 aliphatic heterocycles. The van der Waals surface area contributed by atoms with E-state index in [1.807, 2.05) is 27.0 Å². The monoisotopic (exact) mass is 210 g/mol. The summed E-state index contributed by atoms with van der Waals surface area (Å²) in [4.78, 5) is 8.37. The zero-order chi connectivity index (χ0) is 10.6. The van der Waals surface area contributed by atoms with Gasteiger partial charge in [-0.15, -0.1) is 0 Å². The number of nitrogens with one attached hydrogen (secondary N) is 1. The van der Waals surface area contributed by atoms with E-state index in [1.165, 1.54) is 11.8 Å². The first-order valence-corrected chi connectivity index (χ1v) is 5.75. The van der Waals surface area contributed by atoms with E-state index in [0.29, 0.717) is 0 Å². The molecule has 2 aromatic rings. The maximum atomic E-state index is 4.22. The summed E-state index contributed by atoms with van der Waals surface area (Å²) in [5, 5.41) is 8.66. The number of aromatic amines is 1. The fourth-order valence-electron chi connectivity index (χ4n) is 1.00. The van der Waals surface area contributed by atoms with Crippen LogP contribution in [0.1, 0.15) is 19.5 Å². The van der Waals surface area contributed by atoms with Gasteiger partial charge in [0.05, 0.1) is 5.39 Å².